The van der Waals surface area contributed by atoms with Crippen LogP contribution in [0.3, 0.4) is 0 Å². The lowest BCUT2D eigenvalue weighted by Crippen LogP contribution is -2.18. The van der Waals surface area contributed by atoms with Crippen LogP contribution in [0.15, 0.2) is 53.6 Å². The van der Waals surface area contributed by atoms with Crippen LogP contribution in [0.2, 0.25) is 0 Å². The molecule has 0 unspecified atom stereocenters. The molecule has 4 rings (SSSR count). The fourth-order valence-electron chi connectivity index (χ4n) is 3.69. The van der Waals surface area contributed by atoms with E-state index < -0.39 is 0 Å². The minimum atomic E-state index is -0.247. The number of nitrogens with one attached hydrogen (secondary N) is 1. The average molecular weight is 434 g/mol. The van der Waals surface area contributed by atoms with Crippen molar-refractivity contribution in [3.05, 3.63) is 92.8 Å². The first-order chi connectivity index (χ1) is 14.4. The molecule has 1 N–H and O–H groups in total. The summed E-state index contributed by atoms with van der Waals surface area (Å²) in [5.74, 6) is 0. The molecule has 6 nitrogen and oxygen atoms in total. The minimum absolute atomic E-state index is 0. The van der Waals surface area contributed by atoms with Gasteiger partial charge in [-0.15, -0.1) is 12.4 Å². The summed E-state index contributed by atoms with van der Waals surface area (Å²) in [6.45, 7) is 8.86. The van der Waals surface area contributed by atoms with Crippen molar-refractivity contribution in [1.82, 2.24) is 14.0 Å². The van der Waals surface area contributed by atoms with Gasteiger partial charge in [0, 0.05) is 30.7 Å². The number of nitriles is 1. The van der Waals surface area contributed by atoms with Crippen molar-refractivity contribution in [2.75, 3.05) is 5.32 Å². The lowest BCUT2D eigenvalue weighted by atomic mass is 10.0. The van der Waals surface area contributed by atoms with Gasteiger partial charge in [-0.05, 0) is 56.5 Å². The van der Waals surface area contributed by atoms with Crippen LogP contribution in [0.4, 0.5) is 5.69 Å². The Morgan fingerprint density at radius 1 is 1.10 bits per heavy atom. The maximum Gasteiger partial charge on any atom is 0.256 e. The van der Waals surface area contributed by atoms with Crippen LogP contribution in [0, 0.1) is 39.0 Å². The van der Waals surface area contributed by atoms with Gasteiger partial charge in [-0.3, -0.25) is 9.36 Å². The number of halogens is 1. The molecule has 0 aliphatic rings. The highest BCUT2D eigenvalue weighted by Gasteiger charge is 2.13. The Kier molecular flexibility index (Phi) is 6.19. The van der Waals surface area contributed by atoms with Gasteiger partial charge in [-0.25, -0.2) is 4.98 Å². The Morgan fingerprint density at radius 3 is 2.45 bits per heavy atom. The minimum Gasteiger partial charge on any atom is -0.378 e. The third-order valence-corrected chi connectivity index (χ3v) is 5.61. The number of fused-ring (bicyclic) bond motifs is 1. The molecule has 0 aliphatic heterocycles. The SMILES string of the molecule is Cc1cccc(C)c1CNc1cc(-n2ccc(C#N)cc2=O)cn2c(C)c(C)nc12.Cl. The van der Waals surface area contributed by atoms with Crippen LogP contribution in [-0.4, -0.2) is 14.0 Å². The number of benzene rings is 1. The van der Waals surface area contributed by atoms with E-state index in [-0.39, 0.29) is 18.0 Å². The van der Waals surface area contributed by atoms with Gasteiger partial charge in [-0.1, -0.05) is 18.2 Å². The standard InChI is InChI=1S/C24H23N5O.ClH/c1-15-6-5-7-16(2)21(15)13-26-22-11-20(14-29-18(4)17(3)27-24(22)29)28-9-8-19(12-25)10-23(28)30;/h5-11,14,26H,13H2,1-4H3;1H. The molecule has 4 aromatic rings. The number of imidazole rings is 1. The molecule has 158 valence electrons. The van der Waals surface area contributed by atoms with Gasteiger partial charge in [0.15, 0.2) is 5.65 Å². The van der Waals surface area contributed by atoms with E-state index in [1.807, 2.05) is 36.6 Å². The Morgan fingerprint density at radius 2 is 1.81 bits per heavy atom. The van der Waals surface area contributed by atoms with E-state index in [4.69, 9.17) is 10.2 Å². The van der Waals surface area contributed by atoms with E-state index >= 15 is 0 Å². The van der Waals surface area contributed by atoms with Crippen LogP contribution < -0.4 is 10.9 Å². The maximum atomic E-state index is 12.6. The summed E-state index contributed by atoms with van der Waals surface area (Å²) in [6, 6.07) is 13.2. The lowest BCUT2D eigenvalue weighted by Gasteiger charge is -2.15. The molecule has 0 saturated heterocycles. The number of anilines is 1. The Hall–Kier alpha value is -3.56. The van der Waals surface area contributed by atoms with E-state index in [9.17, 15) is 4.79 Å². The molecule has 31 heavy (non-hydrogen) atoms. The molecule has 0 atom stereocenters. The highest BCUT2D eigenvalue weighted by atomic mass is 35.5. The summed E-state index contributed by atoms with van der Waals surface area (Å²) in [5, 5.41) is 12.6. The molecule has 1 aromatic carbocycles. The third kappa shape index (κ3) is 4.05. The summed E-state index contributed by atoms with van der Waals surface area (Å²) in [4.78, 5) is 17.3. The van der Waals surface area contributed by atoms with Crippen molar-refractivity contribution in [2.45, 2.75) is 34.2 Å². The molecule has 0 spiro atoms. The number of aromatic nitrogens is 3. The predicted molar refractivity (Wildman–Crippen MR) is 125 cm³/mol. The number of pyridine rings is 2. The van der Waals surface area contributed by atoms with Gasteiger partial charge in [0.2, 0.25) is 0 Å². The molecule has 0 aliphatic carbocycles. The lowest BCUT2D eigenvalue weighted by molar-refractivity contribution is 0.957. The van der Waals surface area contributed by atoms with Gasteiger partial charge in [0.05, 0.1) is 28.7 Å². The number of hydrogen-bond acceptors (Lipinski definition) is 4. The van der Waals surface area contributed by atoms with Crippen molar-refractivity contribution in [1.29, 1.82) is 5.26 Å². The molecular formula is C24H24ClN5O. The van der Waals surface area contributed by atoms with Gasteiger partial charge in [0.1, 0.15) is 0 Å². The van der Waals surface area contributed by atoms with E-state index in [0.717, 1.165) is 22.7 Å². The van der Waals surface area contributed by atoms with Gasteiger partial charge < -0.3 is 9.72 Å². The largest absolute Gasteiger partial charge is 0.378 e. The topological polar surface area (TPSA) is 75.1 Å². The Balaban J connectivity index is 0.00000272. The zero-order valence-electron chi connectivity index (χ0n) is 17.9. The van der Waals surface area contributed by atoms with Crippen LogP contribution >= 0.6 is 12.4 Å². The zero-order valence-corrected chi connectivity index (χ0v) is 18.7. The van der Waals surface area contributed by atoms with Gasteiger partial charge in [0.25, 0.3) is 5.56 Å². The highest BCUT2D eigenvalue weighted by molar-refractivity contribution is 5.85. The average Bonchev–Trinajstić information content (AvgIpc) is 3.01. The van der Waals surface area contributed by atoms with Crippen molar-refractivity contribution in [2.24, 2.45) is 0 Å². The maximum absolute atomic E-state index is 12.6. The molecule has 0 amide bonds. The number of rotatable bonds is 4. The second kappa shape index (κ2) is 8.66. The fourth-order valence-corrected chi connectivity index (χ4v) is 3.69. The van der Waals surface area contributed by atoms with Gasteiger partial charge >= 0.3 is 0 Å². The summed E-state index contributed by atoms with van der Waals surface area (Å²) in [7, 11) is 0. The first-order valence-electron chi connectivity index (χ1n) is 9.80. The first kappa shape index (κ1) is 22.1. The monoisotopic (exact) mass is 433 g/mol. The third-order valence-electron chi connectivity index (χ3n) is 5.61. The zero-order chi connectivity index (χ0) is 21.4. The van der Waals surface area contributed by atoms with Crippen LogP contribution in [-0.2, 0) is 6.54 Å². The Labute approximate surface area is 187 Å². The molecule has 3 aromatic heterocycles. The van der Waals surface area contributed by atoms with Crippen molar-refractivity contribution >= 4 is 23.7 Å². The van der Waals surface area contributed by atoms with Gasteiger partial charge in [-0.2, -0.15) is 5.26 Å². The van der Waals surface area contributed by atoms with Crippen molar-refractivity contribution in [3.8, 4) is 11.8 Å². The number of nitrogens with zero attached hydrogens (tertiary/aromatic N) is 4. The quantitative estimate of drug-likeness (QED) is 0.509. The molecule has 7 heteroatoms. The summed E-state index contributed by atoms with van der Waals surface area (Å²) in [5.41, 5.74) is 8.15. The van der Waals surface area contributed by atoms with Crippen LogP contribution in [0.5, 0.6) is 0 Å². The fraction of sp³-hybridized carbons (Fsp3) is 0.208. The highest BCUT2D eigenvalue weighted by Crippen LogP contribution is 2.25. The number of aryl methyl sites for hydroxylation is 4. The molecule has 0 bridgehead atoms. The summed E-state index contributed by atoms with van der Waals surface area (Å²) < 4.78 is 3.54. The smallest absolute Gasteiger partial charge is 0.256 e. The van der Waals surface area contributed by atoms with Crippen LogP contribution in [0.1, 0.15) is 33.6 Å². The molecular weight excluding hydrogens is 410 g/mol. The first-order valence-corrected chi connectivity index (χ1v) is 9.80. The van der Waals surface area contributed by atoms with E-state index in [2.05, 4.69) is 37.4 Å². The van der Waals surface area contributed by atoms with E-state index in [0.29, 0.717) is 17.8 Å². The summed E-state index contributed by atoms with van der Waals surface area (Å²) in [6.07, 6.45) is 3.54. The van der Waals surface area contributed by atoms with Crippen LogP contribution in [0.25, 0.3) is 11.3 Å². The number of hydrogen-bond donors (Lipinski definition) is 1. The molecule has 0 radical (unpaired) electrons. The molecule has 3 heterocycles. The summed E-state index contributed by atoms with van der Waals surface area (Å²) >= 11 is 0. The van der Waals surface area contributed by atoms with Crippen molar-refractivity contribution < 1.29 is 0 Å². The van der Waals surface area contributed by atoms with E-state index in [1.165, 1.54) is 22.8 Å². The van der Waals surface area contributed by atoms with Crippen molar-refractivity contribution in [3.63, 3.8) is 0 Å². The Bertz CT molecular complexity index is 1360. The molecule has 0 saturated carbocycles. The second-order valence-corrected chi connectivity index (χ2v) is 7.55. The molecule has 0 fully saturated rings. The van der Waals surface area contributed by atoms with E-state index in [1.54, 1.807) is 16.8 Å². The normalized spacial score (nSPS) is 10.5. The predicted octanol–water partition coefficient (Wildman–Crippen LogP) is 4.62. The second-order valence-electron chi connectivity index (χ2n) is 7.55.